The summed E-state index contributed by atoms with van der Waals surface area (Å²) in [6, 6.07) is 15.1. The molecule has 0 saturated heterocycles. The molecule has 0 bridgehead atoms. The van der Waals surface area contributed by atoms with Crippen LogP contribution in [0.15, 0.2) is 59.5 Å². The molecule has 6 heteroatoms. The molecule has 2 aromatic carbocycles. The van der Waals surface area contributed by atoms with Crippen LogP contribution in [0, 0.1) is 11.3 Å². The van der Waals surface area contributed by atoms with Crippen molar-refractivity contribution in [1.29, 1.82) is 5.26 Å². The smallest absolute Gasteiger partial charge is 0.248 e. The number of hydrogen-bond donors (Lipinski definition) is 1. The number of fused-ring (bicyclic) bond motifs is 1. The lowest BCUT2D eigenvalue weighted by Gasteiger charge is -2.17. The van der Waals surface area contributed by atoms with Crippen LogP contribution in [0.3, 0.4) is 0 Å². The minimum absolute atomic E-state index is 0.184. The van der Waals surface area contributed by atoms with Gasteiger partial charge in [0, 0.05) is 11.1 Å². The molecule has 0 radical (unpaired) electrons. The number of nitriles is 1. The minimum atomic E-state index is -0.624. The quantitative estimate of drug-likeness (QED) is 0.803. The van der Waals surface area contributed by atoms with Crippen molar-refractivity contribution in [3.63, 3.8) is 0 Å². The molecule has 0 aliphatic carbocycles. The summed E-state index contributed by atoms with van der Waals surface area (Å²) >= 11 is 0. The number of rotatable bonds is 3. The van der Waals surface area contributed by atoms with Crippen LogP contribution in [0.2, 0.25) is 0 Å². The van der Waals surface area contributed by atoms with E-state index >= 15 is 0 Å². The van der Waals surface area contributed by atoms with Crippen LogP contribution < -0.4 is 10.7 Å². The van der Waals surface area contributed by atoms with E-state index in [1.54, 1.807) is 55.5 Å². The topological polar surface area (TPSA) is 87.8 Å². The highest BCUT2D eigenvalue weighted by Crippen LogP contribution is 2.16. The molecule has 1 N–H and O–H groups in total. The summed E-state index contributed by atoms with van der Waals surface area (Å²) in [5, 5.41) is 16.3. The molecule has 0 saturated carbocycles. The summed E-state index contributed by atoms with van der Waals surface area (Å²) in [7, 11) is 0. The molecule has 0 fully saturated rings. The molecule has 1 amide bonds. The van der Waals surface area contributed by atoms with Gasteiger partial charge in [-0.25, -0.2) is 0 Å². The van der Waals surface area contributed by atoms with Crippen LogP contribution in [0.1, 0.15) is 18.5 Å². The first-order valence-electron chi connectivity index (χ1n) is 7.38. The van der Waals surface area contributed by atoms with Gasteiger partial charge < -0.3 is 5.32 Å². The van der Waals surface area contributed by atoms with Crippen molar-refractivity contribution < 1.29 is 4.79 Å². The minimum Gasteiger partial charge on any atom is -0.324 e. The van der Waals surface area contributed by atoms with E-state index in [1.165, 1.54) is 10.9 Å². The molecule has 0 spiro atoms. The lowest BCUT2D eigenvalue weighted by Crippen LogP contribution is -2.26. The summed E-state index contributed by atoms with van der Waals surface area (Å²) in [6.45, 7) is 1.70. The number of carbonyl (C=O) groups excluding carboxylic acids is 1. The fourth-order valence-electron chi connectivity index (χ4n) is 2.46. The summed E-state index contributed by atoms with van der Waals surface area (Å²) in [6.07, 6.45) is 1.21. The molecule has 1 aromatic heterocycles. The zero-order valence-electron chi connectivity index (χ0n) is 12.9. The highest BCUT2D eigenvalue weighted by molar-refractivity contribution is 5.94. The predicted octanol–water partition coefficient (Wildman–Crippen LogP) is 2.47. The standard InChI is InChI=1S/C18H14N4O2/c1-12(18(24)21-14-6-4-5-13(9-14)10-19)22-16-8-3-2-7-15(16)17(23)11-20-22/h2-9,11-12H,1H3,(H,21,24)/t12-/m0/s1. The Morgan fingerprint density at radius 2 is 2.04 bits per heavy atom. The molecule has 0 unspecified atom stereocenters. The molecular formula is C18H14N4O2. The Balaban J connectivity index is 1.93. The van der Waals surface area contributed by atoms with Crippen molar-refractivity contribution in [2.45, 2.75) is 13.0 Å². The maximum Gasteiger partial charge on any atom is 0.248 e. The Hall–Kier alpha value is -3.46. The van der Waals surface area contributed by atoms with E-state index < -0.39 is 6.04 Å². The van der Waals surface area contributed by atoms with Crippen LogP contribution in [0.25, 0.3) is 10.9 Å². The van der Waals surface area contributed by atoms with Gasteiger partial charge in [-0.2, -0.15) is 10.4 Å². The summed E-state index contributed by atoms with van der Waals surface area (Å²) in [4.78, 5) is 24.4. The average Bonchev–Trinajstić information content (AvgIpc) is 2.62. The van der Waals surface area contributed by atoms with E-state index in [9.17, 15) is 9.59 Å². The number of amides is 1. The summed E-state index contributed by atoms with van der Waals surface area (Å²) in [5.74, 6) is -0.286. The highest BCUT2D eigenvalue weighted by Gasteiger charge is 2.18. The predicted molar refractivity (Wildman–Crippen MR) is 90.5 cm³/mol. The Morgan fingerprint density at radius 1 is 1.25 bits per heavy atom. The lowest BCUT2D eigenvalue weighted by molar-refractivity contribution is -0.119. The normalized spacial score (nSPS) is 11.7. The van der Waals surface area contributed by atoms with E-state index in [4.69, 9.17) is 5.26 Å². The van der Waals surface area contributed by atoms with Gasteiger partial charge in [0.2, 0.25) is 11.3 Å². The first kappa shape index (κ1) is 15.4. The Morgan fingerprint density at radius 3 is 2.83 bits per heavy atom. The van der Waals surface area contributed by atoms with Gasteiger partial charge in [0.1, 0.15) is 6.04 Å². The van der Waals surface area contributed by atoms with Crippen LogP contribution >= 0.6 is 0 Å². The number of anilines is 1. The van der Waals surface area contributed by atoms with Gasteiger partial charge in [-0.05, 0) is 37.3 Å². The third-order valence-corrected chi connectivity index (χ3v) is 3.72. The molecule has 24 heavy (non-hydrogen) atoms. The van der Waals surface area contributed by atoms with E-state index in [0.29, 0.717) is 22.2 Å². The van der Waals surface area contributed by atoms with Crippen molar-refractivity contribution in [3.8, 4) is 6.07 Å². The van der Waals surface area contributed by atoms with Gasteiger partial charge in [-0.15, -0.1) is 0 Å². The van der Waals surface area contributed by atoms with Crippen molar-refractivity contribution in [1.82, 2.24) is 9.78 Å². The number of aromatic nitrogens is 2. The molecule has 6 nitrogen and oxygen atoms in total. The Bertz CT molecular complexity index is 1020. The maximum absolute atomic E-state index is 12.5. The summed E-state index contributed by atoms with van der Waals surface area (Å²) in [5.41, 5.74) is 1.42. The molecule has 118 valence electrons. The van der Waals surface area contributed by atoms with Gasteiger partial charge in [-0.1, -0.05) is 18.2 Å². The van der Waals surface area contributed by atoms with E-state index in [1.807, 2.05) is 6.07 Å². The highest BCUT2D eigenvalue weighted by atomic mass is 16.2. The lowest BCUT2D eigenvalue weighted by atomic mass is 10.2. The van der Waals surface area contributed by atoms with Gasteiger partial charge in [0.15, 0.2) is 0 Å². The molecular weight excluding hydrogens is 304 g/mol. The third kappa shape index (κ3) is 2.88. The van der Waals surface area contributed by atoms with Crippen molar-refractivity contribution in [2.75, 3.05) is 5.32 Å². The fourth-order valence-corrected chi connectivity index (χ4v) is 2.46. The third-order valence-electron chi connectivity index (χ3n) is 3.72. The Labute approximate surface area is 138 Å². The van der Waals surface area contributed by atoms with E-state index in [2.05, 4.69) is 10.4 Å². The van der Waals surface area contributed by atoms with Gasteiger partial charge in [-0.3, -0.25) is 14.3 Å². The number of nitrogens with one attached hydrogen (secondary N) is 1. The largest absolute Gasteiger partial charge is 0.324 e. The molecule has 1 heterocycles. The first-order chi connectivity index (χ1) is 11.6. The van der Waals surface area contributed by atoms with Crippen molar-refractivity contribution in [2.24, 2.45) is 0 Å². The van der Waals surface area contributed by atoms with Crippen LogP contribution in [-0.2, 0) is 4.79 Å². The zero-order valence-corrected chi connectivity index (χ0v) is 12.9. The fraction of sp³-hybridized carbons (Fsp3) is 0.111. The second-order valence-electron chi connectivity index (χ2n) is 5.33. The molecule has 3 rings (SSSR count). The van der Waals surface area contributed by atoms with Crippen LogP contribution in [0.5, 0.6) is 0 Å². The SMILES string of the molecule is C[C@@H](C(=O)Nc1cccc(C#N)c1)n1ncc(=O)c2ccccc21. The number of carbonyl (C=O) groups is 1. The van der Waals surface area contributed by atoms with Gasteiger partial charge in [0.05, 0.1) is 23.3 Å². The van der Waals surface area contributed by atoms with Gasteiger partial charge >= 0.3 is 0 Å². The first-order valence-corrected chi connectivity index (χ1v) is 7.38. The number of nitrogens with zero attached hydrogens (tertiary/aromatic N) is 3. The van der Waals surface area contributed by atoms with Crippen molar-refractivity contribution in [3.05, 3.63) is 70.5 Å². The van der Waals surface area contributed by atoms with Crippen molar-refractivity contribution >= 4 is 22.5 Å². The van der Waals surface area contributed by atoms with E-state index in [-0.39, 0.29) is 11.3 Å². The molecule has 0 aliphatic heterocycles. The second kappa shape index (κ2) is 6.34. The number of hydrogen-bond acceptors (Lipinski definition) is 4. The summed E-state index contributed by atoms with van der Waals surface area (Å²) < 4.78 is 1.51. The average molecular weight is 318 g/mol. The molecule has 0 aliphatic rings. The monoisotopic (exact) mass is 318 g/mol. The van der Waals surface area contributed by atoms with Crippen LogP contribution in [0.4, 0.5) is 5.69 Å². The molecule has 1 atom stereocenters. The maximum atomic E-state index is 12.5. The van der Waals surface area contributed by atoms with E-state index in [0.717, 1.165) is 0 Å². The Kier molecular flexibility index (Phi) is 4.08. The van der Waals surface area contributed by atoms with Crippen LogP contribution in [-0.4, -0.2) is 15.7 Å². The second-order valence-corrected chi connectivity index (χ2v) is 5.33. The zero-order chi connectivity index (χ0) is 17.1. The molecule has 3 aromatic rings. The number of benzene rings is 2. The number of para-hydroxylation sites is 1. The van der Waals surface area contributed by atoms with Gasteiger partial charge in [0.25, 0.3) is 0 Å².